The van der Waals surface area contributed by atoms with Crippen LogP contribution in [0, 0.1) is 11.7 Å². The molecule has 7 heteroatoms. The monoisotopic (exact) mass is 291 g/mol. The minimum absolute atomic E-state index is 0.0566. The molecule has 3 nitrogen and oxygen atoms in total. The lowest BCUT2D eigenvalue weighted by atomic mass is 9.96. The van der Waals surface area contributed by atoms with E-state index in [1.165, 1.54) is 4.90 Å². The molecule has 0 aliphatic carbocycles. The van der Waals surface area contributed by atoms with Gasteiger partial charge in [0.1, 0.15) is 11.6 Å². The smallest absolute Gasteiger partial charge is 0.391 e. The average Bonchev–Trinajstić information content (AvgIpc) is 2.40. The Kier molecular flexibility index (Phi) is 3.87. The zero-order chi connectivity index (χ0) is 14.9. The van der Waals surface area contributed by atoms with Gasteiger partial charge >= 0.3 is 6.18 Å². The molecule has 1 N–H and O–H groups in total. The van der Waals surface area contributed by atoms with Gasteiger partial charge in [0.25, 0.3) is 5.91 Å². The lowest BCUT2D eigenvalue weighted by Gasteiger charge is -2.33. The SMILES string of the molecule is O=C(c1cc(F)ccc1O)N1CCC(C(F)(F)F)CC1. The van der Waals surface area contributed by atoms with E-state index in [0.29, 0.717) is 0 Å². The normalized spacial score (nSPS) is 17.3. The number of aromatic hydroxyl groups is 1. The molecule has 1 aromatic rings. The molecule has 1 heterocycles. The van der Waals surface area contributed by atoms with Gasteiger partial charge in [-0.25, -0.2) is 4.39 Å². The molecular weight excluding hydrogens is 278 g/mol. The van der Waals surface area contributed by atoms with Gasteiger partial charge in [-0.2, -0.15) is 13.2 Å². The molecule has 0 radical (unpaired) electrons. The molecule has 1 saturated heterocycles. The van der Waals surface area contributed by atoms with E-state index in [-0.39, 0.29) is 37.2 Å². The molecule has 0 bridgehead atoms. The maximum absolute atomic E-state index is 13.1. The van der Waals surface area contributed by atoms with E-state index < -0.39 is 23.8 Å². The molecule has 1 amide bonds. The highest BCUT2D eigenvalue weighted by Gasteiger charge is 2.41. The molecule has 1 aliphatic heterocycles. The Labute approximate surface area is 112 Å². The number of hydrogen-bond donors (Lipinski definition) is 1. The van der Waals surface area contributed by atoms with Crippen molar-refractivity contribution in [3.05, 3.63) is 29.6 Å². The van der Waals surface area contributed by atoms with E-state index in [9.17, 15) is 27.5 Å². The third kappa shape index (κ3) is 3.02. The largest absolute Gasteiger partial charge is 0.507 e. The van der Waals surface area contributed by atoms with Gasteiger partial charge in [-0.3, -0.25) is 4.79 Å². The van der Waals surface area contributed by atoms with Crippen molar-refractivity contribution in [3.8, 4) is 5.75 Å². The van der Waals surface area contributed by atoms with Gasteiger partial charge in [0.15, 0.2) is 0 Å². The molecular formula is C13H13F4NO2. The molecule has 1 aromatic carbocycles. The number of carbonyl (C=O) groups is 1. The minimum atomic E-state index is -4.25. The number of likely N-dealkylation sites (tertiary alicyclic amines) is 1. The molecule has 1 fully saturated rings. The highest BCUT2D eigenvalue weighted by Crippen LogP contribution is 2.34. The second-order valence-electron chi connectivity index (χ2n) is 4.77. The van der Waals surface area contributed by atoms with E-state index in [1.807, 2.05) is 0 Å². The molecule has 2 rings (SSSR count). The first-order valence-electron chi connectivity index (χ1n) is 6.13. The zero-order valence-corrected chi connectivity index (χ0v) is 10.5. The van der Waals surface area contributed by atoms with E-state index in [2.05, 4.69) is 0 Å². The number of hydrogen-bond acceptors (Lipinski definition) is 2. The summed E-state index contributed by atoms with van der Waals surface area (Å²) in [4.78, 5) is 13.3. The third-order valence-corrected chi connectivity index (χ3v) is 3.43. The van der Waals surface area contributed by atoms with Crippen LogP contribution < -0.4 is 0 Å². The summed E-state index contributed by atoms with van der Waals surface area (Å²) in [6, 6.07) is 2.93. The molecule has 0 spiro atoms. The van der Waals surface area contributed by atoms with Crippen LogP contribution in [0.2, 0.25) is 0 Å². The Morgan fingerprint density at radius 1 is 1.25 bits per heavy atom. The predicted molar refractivity (Wildman–Crippen MR) is 62.7 cm³/mol. The van der Waals surface area contributed by atoms with Gasteiger partial charge < -0.3 is 10.0 Å². The van der Waals surface area contributed by atoms with Crippen molar-refractivity contribution in [2.24, 2.45) is 5.92 Å². The van der Waals surface area contributed by atoms with E-state index in [0.717, 1.165) is 18.2 Å². The van der Waals surface area contributed by atoms with Crippen LogP contribution in [-0.2, 0) is 0 Å². The standard InChI is InChI=1S/C13H13F4NO2/c14-9-1-2-11(19)10(7-9)12(20)18-5-3-8(4-6-18)13(15,16)17/h1-2,7-8,19H,3-6H2. The van der Waals surface area contributed by atoms with Crippen LogP contribution in [0.4, 0.5) is 17.6 Å². The molecule has 1 aliphatic rings. The quantitative estimate of drug-likeness (QED) is 0.808. The van der Waals surface area contributed by atoms with Gasteiger partial charge in [0, 0.05) is 13.1 Å². The van der Waals surface area contributed by atoms with Crippen molar-refractivity contribution in [2.45, 2.75) is 19.0 Å². The van der Waals surface area contributed by atoms with Crippen molar-refractivity contribution >= 4 is 5.91 Å². The lowest BCUT2D eigenvalue weighted by Crippen LogP contribution is -2.42. The maximum atomic E-state index is 13.1. The zero-order valence-electron chi connectivity index (χ0n) is 10.5. The Hall–Kier alpha value is -1.79. The second-order valence-corrected chi connectivity index (χ2v) is 4.77. The maximum Gasteiger partial charge on any atom is 0.391 e. The fourth-order valence-electron chi connectivity index (χ4n) is 2.26. The van der Waals surface area contributed by atoms with E-state index >= 15 is 0 Å². The number of piperidine rings is 1. The van der Waals surface area contributed by atoms with Gasteiger partial charge in [0.2, 0.25) is 0 Å². The van der Waals surface area contributed by atoms with Crippen LogP contribution in [0.5, 0.6) is 5.75 Å². The van der Waals surface area contributed by atoms with Crippen molar-refractivity contribution in [1.82, 2.24) is 4.90 Å². The Morgan fingerprint density at radius 3 is 2.40 bits per heavy atom. The Balaban J connectivity index is 2.07. The van der Waals surface area contributed by atoms with Crippen molar-refractivity contribution in [3.63, 3.8) is 0 Å². The van der Waals surface area contributed by atoms with Crippen LogP contribution >= 0.6 is 0 Å². The number of phenolic OH excluding ortho intramolecular Hbond substituents is 1. The minimum Gasteiger partial charge on any atom is -0.507 e. The summed E-state index contributed by atoms with van der Waals surface area (Å²) in [5.41, 5.74) is -0.226. The highest BCUT2D eigenvalue weighted by molar-refractivity contribution is 5.96. The number of benzene rings is 1. The lowest BCUT2D eigenvalue weighted by molar-refractivity contribution is -0.183. The van der Waals surface area contributed by atoms with Crippen molar-refractivity contribution in [1.29, 1.82) is 0 Å². The van der Waals surface area contributed by atoms with Crippen LogP contribution in [-0.4, -0.2) is 35.2 Å². The highest BCUT2D eigenvalue weighted by atomic mass is 19.4. The summed E-state index contributed by atoms with van der Waals surface area (Å²) in [6.07, 6.45) is -4.60. The van der Waals surface area contributed by atoms with E-state index in [1.54, 1.807) is 0 Å². The Bertz CT molecular complexity index is 508. The molecule has 0 aromatic heterocycles. The fourth-order valence-corrected chi connectivity index (χ4v) is 2.26. The van der Waals surface area contributed by atoms with Gasteiger partial charge in [-0.15, -0.1) is 0 Å². The molecule has 0 atom stereocenters. The molecule has 110 valence electrons. The molecule has 20 heavy (non-hydrogen) atoms. The number of nitrogens with zero attached hydrogens (tertiary/aromatic N) is 1. The topological polar surface area (TPSA) is 40.5 Å². The predicted octanol–water partition coefficient (Wildman–Crippen LogP) is 2.95. The molecule has 0 unspecified atom stereocenters. The fraction of sp³-hybridized carbons (Fsp3) is 0.462. The van der Waals surface area contributed by atoms with Crippen LogP contribution in [0.25, 0.3) is 0 Å². The third-order valence-electron chi connectivity index (χ3n) is 3.43. The summed E-state index contributed by atoms with van der Waals surface area (Å²) < 4.78 is 50.6. The molecule has 0 saturated carbocycles. The van der Waals surface area contributed by atoms with Crippen molar-refractivity contribution in [2.75, 3.05) is 13.1 Å². The van der Waals surface area contributed by atoms with Crippen LogP contribution in [0.1, 0.15) is 23.2 Å². The number of amides is 1. The van der Waals surface area contributed by atoms with Gasteiger partial charge in [-0.1, -0.05) is 0 Å². The van der Waals surface area contributed by atoms with Crippen LogP contribution in [0.3, 0.4) is 0 Å². The summed E-state index contributed by atoms with van der Waals surface area (Å²) in [6.45, 7) is -0.113. The number of phenols is 1. The number of carbonyl (C=O) groups excluding carboxylic acids is 1. The van der Waals surface area contributed by atoms with Gasteiger partial charge in [0.05, 0.1) is 11.5 Å². The number of halogens is 4. The van der Waals surface area contributed by atoms with Crippen LogP contribution in [0.15, 0.2) is 18.2 Å². The summed E-state index contributed by atoms with van der Waals surface area (Å²) in [7, 11) is 0. The number of alkyl halides is 3. The summed E-state index contributed by atoms with van der Waals surface area (Å²) in [5, 5.41) is 9.52. The number of rotatable bonds is 1. The first-order chi connectivity index (χ1) is 9.29. The summed E-state index contributed by atoms with van der Waals surface area (Å²) in [5.74, 6) is -3.12. The van der Waals surface area contributed by atoms with Crippen molar-refractivity contribution < 1.29 is 27.5 Å². The average molecular weight is 291 g/mol. The first kappa shape index (κ1) is 14.6. The van der Waals surface area contributed by atoms with Gasteiger partial charge in [-0.05, 0) is 31.0 Å². The first-order valence-corrected chi connectivity index (χ1v) is 6.13. The second kappa shape index (κ2) is 5.30. The van der Waals surface area contributed by atoms with E-state index in [4.69, 9.17) is 0 Å². The Morgan fingerprint density at radius 2 is 1.85 bits per heavy atom. The summed E-state index contributed by atoms with van der Waals surface area (Å²) >= 11 is 0.